The molecule has 11 nitrogen and oxygen atoms in total. The molecular weight excluding hydrogens is 884 g/mol. The number of rotatable bonds is 15. The number of nitrogens with one attached hydrogen (secondary N) is 1. The second-order valence-electron chi connectivity index (χ2n) is 14.4. The van der Waals surface area contributed by atoms with Crippen molar-refractivity contribution in [3.8, 4) is 79.8 Å². The maximum atomic E-state index is 7.15. The molecule has 0 saturated carbocycles. The Morgan fingerprint density at radius 2 is 0.970 bits per heavy atom. The van der Waals surface area contributed by atoms with Gasteiger partial charge in [-0.25, -0.2) is 9.84 Å². The molecule has 1 aliphatic heterocycles. The summed E-state index contributed by atoms with van der Waals surface area (Å²) in [6.07, 6.45) is 1.77. The molecule has 9 aromatic rings. The number of nitrogens with zero attached hydrogens (tertiary/aromatic N) is 4. The first-order valence-corrected chi connectivity index (χ1v) is 24.2. The molecule has 3 unspecified atom stereocenters. The Hall–Kier alpha value is -7.19. The summed E-state index contributed by atoms with van der Waals surface area (Å²) in [7, 11) is -3.85. The van der Waals surface area contributed by atoms with Gasteiger partial charge in [0.15, 0.2) is 11.5 Å². The Labute approximate surface area is 386 Å². The topological polar surface area (TPSA) is 99.7 Å². The maximum Gasteiger partial charge on any atom is 0.332 e. The molecule has 0 amide bonds. The van der Waals surface area contributed by atoms with E-state index in [1.165, 1.54) is 0 Å². The van der Waals surface area contributed by atoms with E-state index in [-0.39, 0.29) is 8.88 Å². The van der Waals surface area contributed by atoms with Crippen LogP contribution in [0.25, 0.3) is 33.8 Å². The maximum absolute atomic E-state index is 7.15. The lowest BCUT2D eigenvalue weighted by Gasteiger charge is -2.41. The third-order valence-electron chi connectivity index (χ3n) is 9.81. The number of aromatic nitrogens is 2. The van der Waals surface area contributed by atoms with Crippen molar-refractivity contribution < 1.29 is 28.2 Å². The number of para-hydroxylation sites is 5. The molecule has 3 atom stereocenters. The van der Waals surface area contributed by atoms with Gasteiger partial charge in [-0.15, -0.1) is 0 Å². The van der Waals surface area contributed by atoms with Crippen LogP contribution in [0.5, 0.6) is 46.0 Å². The van der Waals surface area contributed by atoms with E-state index in [2.05, 4.69) is 15.9 Å². The highest BCUT2D eigenvalue weighted by Gasteiger charge is 2.47. The van der Waals surface area contributed by atoms with Gasteiger partial charge >= 0.3 is 8.45 Å². The molecule has 0 spiro atoms. The molecular formula is C52H40N5O6P3. The lowest BCUT2D eigenvalue weighted by molar-refractivity contribution is 0.0675. The van der Waals surface area contributed by atoms with Crippen LogP contribution in [0.2, 0.25) is 0 Å². The molecule has 14 heteroatoms. The Kier molecular flexibility index (Phi) is 13.4. The SMILES string of the molecule is c1ccc(Oc2c(OP3NPN(Oc4ccccc4)P(Oc4ccccc4)N3Oc3ccccc3)ccc(-c3cc(-c4ccccc4)nc(-c4ccccn4)c3)c2Oc2ccccc2)cc1. The number of benzene rings is 7. The van der Waals surface area contributed by atoms with Crippen LogP contribution in [-0.2, 0) is 0 Å². The predicted molar refractivity (Wildman–Crippen MR) is 262 cm³/mol. The standard InChI is InChI=1S/C52H40N5O6P3/c1-7-21-39(22-8-1)48-37-40(38-49(54-48)47-33-19-20-36-53-47)46-34-35-50(52(59-42-25-11-3-12-26-42)51(46)58-41-23-9-2-10-24-41)63-65-55-64-56(60-43-27-13-4-14-28-43)66(62-45-31-17-6-18-32-45)57(65)61-44-29-15-5-16-30-44/h1-38,55,64H. The van der Waals surface area contributed by atoms with Crippen LogP contribution in [0, 0.1) is 0 Å². The van der Waals surface area contributed by atoms with Gasteiger partial charge in [-0.2, -0.15) is 0 Å². The highest BCUT2D eigenvalue weighted by atomic mass is 31.3. The van der Waals surface area contributed by atoms with Crippen molar-refractivity contribution in [1.82, 2.24) is 24.0 Å². The highest BCUT2D eigenvalue weighted by molar-refractivity contribution is 7.74. The molecule has 10 rings (SSSR count). The molecule has 0 aliphatic carbocycles. The van der Waals surface area contributed by atoms with Gasteiger partial charge in [0.05, 0.1) is 26.0 Å². The second kappa shape index (κ2) is 20.8. The molecule has 0 bridgehead atoms. The molecule has 1 saturated heterocycles. The van der Waals surface area contributed by atoms with E-state index in [1.54, 1.807) is 15.4 Å². The van der Waals surface area contributed by atoms with Crippen LogP contribution in [0.15, 0.2) is 231 Å². The first-order valence-electron chi connectivity index (χ1n) is 20.9. The van der Waals surface area contributed by atoms with E-state index < -0.39 is 16.9 Å². The van der Waals surface area contributed by atoms with E-state index in [9.17, 15) is 0 Å². The number of pyridine rings is 2. The van der Waals surface area contributed by atoms with E-state index in [4.69, 9.17) is 33.2 Å². The van der Waals surface area contributed by atoms with Crippen molar-refractivity contribution in [3.63, 3.8) is 0 Å². The first-order chi connectivity index (χ1) is 32.7. The van der Waals surface area contributed by atoms with Crippen molar-refractivity contribution in [2.45, 2.75) is 0 Å². The molecule has 1 aliphatic rings. The van der Waals surface area contributed by atoms with Crippen LogP contribution in [0.1, 0.15) is 0 Å². The van der Waals surface area contributed by atoms with Crippen molar-refractivity contribution in [1.29, 1.82) is 0 Å². The number of hydrogen-bond acceptors (Lipinski definition) is 11. The van der Waals surface area contributed by atoms with E-state index in [0.717, 1.165) is 28.1 Å². The van der Waals surface area contributed by atoms with Crippen molar-refractivity contribution in [3.05, 3.63) is 231 Å². The van der Waals surface area contributed by atoms with Gasteiger partial charge in [0.25, 0.3) is 8.45 Å². The van der Waals surface area contributed by atoms with Gasteiger partial charge in [-0.1, -0.05) is 127 Å². The fourth-order valence-electron chi connectivity index (χ4n) is 6.74. The molecule has 324 valence electrons. The smallest absolute Gasteiger partial charge is 0.332 e. The van der Waals surface area contributed by atoms with Crippen LogP contribution >= 0.6 is 25.8 Å². The molecule has 3 heterocycles. The molecule has 2 aromatic heterocycles. The van der Waals surface area contributed by atoms with Crippen molar-refractivity contribution in [2.24, 2.45) is 0 Å². The normalized spacial score (nSPS) is 15.4. The Bertz CT molecular complexity index is 2900. The predicted octanol–water partition coefficient (Wildman–Crippen LogP) is 14.7. The third-order valence-corrected chi connectivity index (χ3v) is 14.9. The summed E-state index contributed by atoms with van der Waals surface area (Å²) in [5, 5.41) is 0. The Morgan fingerprint density at radius 3 is 1.58 bits per heavy atom. The molecule has 66 heavy (non-hydrogen) atoms. The van der Waals surface area contributed by atoms with E-state index in [1.807, 2.05) is 218 Å². The minimum absolute atomic E-state index is 0.119. The first kappa shape index (κ1) is 42.7. The lowest BCUT2D eigenvalue weighted by Crippen LogP contribution is -2.37. The number of ether oxygens (including phenoxy) is 2. The zero-order valence-corrected chi connectivity index (χ0v) is 37.9. The van der Waals surface area contributed by atoms with E-state index in [0.29, 0.717) is 51.7 Å². The molecule has 1 fully saturated rings. The summed E-state index contributed by atoms with van der Waals surface area (Å²) in [6.45, 7) is 0. The van der Waals surface area contributed by atoms with Crippen LogP contribution in [0.4, 0.5) is 0 Å². The fourth-order valence-corrected chi connectivity index (χ4v) is 12.3. The fraction of sp³-hybridized carbons (Fsp3) is 0. The summed E-state index contributed by atoms with van der Waals surface area (Å²) in [5.74, 6) is 4.15. The molecule has 1 N–H and O–H groups in total. The summed E-state index contributed by atoms with van der Waals surface area (Å²) in [6, 6.07) is 71.7. The largest absolute Gasteiger partial charge is 0.453 e. The van der Waals surface area contributed by atoms with Crippen LogP contribution < -0.4 is 33.1 Å². The van der Waals surface area contributed by atoms with Gasteiger partial charge in [0, 0.05) is 21.9 Å². The third kappa shape index (κ3) is 10.3. The Morgan fingerprint density at radius 1 is 0.439 bits per heavy atom. The average Bonchev–Trinajstić information content (AvgIpc) is 3.38. The van der Waals surface area contributed by atoms with Crippen LogP contribution in [0.3, 0.4) is 0 Å². The zero-order chi connectivity index (χ0) is 44.3. The minimum Gasteiger partial charge on any atom is -0.453 e. The quantitative estimate of drug-likeness (QED) is 0.0995. The average molecular weight is 924 g/mol. The Balaban J connectivity index is 1.12. The lowest BCUT2D eigenvalue weighted by atomic mass is 9.99. The highest BCUT2D eigenvalue weighted by Crippen LogP contribution is 2.66. The monoisotopic (exact) mass is 923 g/mol. The minimum atomic E-state index is -1.87. The van der Waals surface area contributed by atoms with Gasteiger partial charge < -0.3 is 28.2 Å². The van der Waals surface area contributed by atoms with Gasteiger partial charge in [-0.3, -0.25) is 4.98 Å². The summed E-state index contributed by atoms with van der Waals surface area (Å²) in [4.78, 5) is 26.6. The van der Waals surface area contributed by atoms with Gasteiger partial charge in [-0.05, 0) is 107 Å². The van der Waals surface area contributed by atoms with Crippen molar-refractivity contribution >= 4 is 25.8 Å². The van der Waals surface area contributed by atoms with Gasteiger partial charge in [0.2, 0.25) is 5.75 Å². The summed E-state index contributed by atoms with van der Waals surface area (Å²) in [5.41, 5.74) is 4.70. The summed E-state index contributed by atoms with van der Waals surface area (Å²) < 4.78 is 31.3. The van der Waals surface area contributed by atoms with Crippen LogP contribution in [-0.4, -0.2) is 19.2 Å². The second-order valence-corrected chi connectivity index (χ2v) is 19.1. The summed E-state index contributed by atoms with van der Waals surface area (Å²) >= 11 is 0. The van der Waals surface area contributed by atoms with Gasteiger partial charge in [0.1, 0.15) is 28.7 Å². The number of hydrogen-bond donors (Lipinski definition) is 1. The van der Waals surface area contributed by atoms with Crippen molar-refractivity contribution in [2.75, 3.05) is 0 Å². The zero-order valence-electron chi connectivity index (χ0n) is 35.1. The molecule has 0 radical (unpaired) electrons. The van der Waals surface area contributed by atoms with E-state index >= 15 is 0 Å². The molecule has 7 aromatic carbocycles.